The number of ether oxygens (including phenoxy) is 3. The largest absolute Gasteiger partial charge is 0.492 e. The summed E-state index contributed by atoms with van der Waals surface area (Å²) in [7, 11) is 3.87. The lowest BCUT2D eigenvalue weighted by Crippen LogP contribution is -2.41. The summed E-state index contributed by atoms with van der Waals surface area (Å²) in [6.07, 6.45) is 1.05. The topological polar surface area (TPSA) is 70.6 Å². The van der Waals surface area contributed by atoms with Crippen LogP contribution in [-0.4, -0.2) is 102 Å². The van der Waals surface area contributed by atoms with Crippen molar-refractivity contribution in [2.75, 3.05) is 86.4 Å². The van der Waals surface area contributed by atoms with E-state index in [1.165, 1.54) is 0 Å². The van der Waals surface area contributed by atoms with Crippen LogP contribution in [0.3, 0.4) is 0 Å². The predicted molar refractivity (Wildman–Crippen MR) is 141 cm³/mol. The fourth-order valence-corrected chi connectivity index (χ4v) is 3.35. The first-order chi connectivity index (χ1) is 15.2. The van der Waals surface area contributed by atoms with Crippen LogP contribution in [0.2, 0.25) is 0 Å². The Labute approximate surface area is 211 Å². The Bertz CT molecular complexity index is 629. The van der Waals surface area contributed by atoms with E-state index in [4.69, 9.17) is 19.2 Å². The minimum Gasteiger partial charge on any atom is -0.492 e. The Morgan fingerprint density at radius 2 is 1.94 bits per heavy atom. The number of nitrogens with zero attached hydrogens (tertiary/aromatic N) is 3. The molecule has 1 saturated heterocycles. The molecule has 0 amide bonds. The maximum atomic E-state index is 6.08. The second-order valence-electron chi connectivity index (χ2n) is 7.68. The summed E-state index contributed by atoms with van der Waals surface area (Å²) < 4.78 is 16.6. The van der Waals surface area contributed by atoms with Gasteiger partial charge in [-0.05, 0) is 26.5 Å². The molecule has 2 N–H and O–H groups in total. The molecule has 1 aliphatic heterocycles. The van der Waals surface area contributed by atoms with E-state index in [0.29, 0.717) is 13.2 Å². The van der Waals surface area contributed by atoms with Gasteiger partial charge < -0.3 is 29.7 Å². The van der Waals surface area contributed by atoms with Crippen LogP contribution in [0.5, 0.6) is 5.75 Å². The van der Waals surface area contributed by atoms with Crippen LogP contribution in [0.1, 0.15) is 18.9 Å². The van der Waals surface area contributed by atoms with Crippen LogP contribution >= 0.6 is 24.0 Å². The van der Waals surface area contributed by atoms with E-state index in [9.17, 15) is 0 Å². The van der Waals surface area contributed by atoms with Crippen molar-refractivity contribution in [1.29, 1.82) is 0 Å². The molecule has 0 aromatic heterocycles. The summed E-state index contributed by atoms with van der Waals surface area (Å²) in [5, 5.41) is 6.75. The van der Waals surface area contributed by atoms with Crippen molar-refractivity contribution in [2.24, 2.45) is 4.99 Å². The summed E-state index contributed by atoms with van der Waals surface area (Å²) in [5.41, 5.74) is 1.10. The molecule has 0 saturated carbocycles. The van der Waals surface area contributed by atoms with E-state index in [1.54, 1.807) is 7.11 Å². The van der Waals surface area contributed by atoms with E-state index in [1.807, 2.05) is 18.2 Å². The molecule has 0 spiro atoms. The zero-order valence-electron chi connectivity index (χ0n) is 20.0. The molecule has 1 aromatic carbocycles. The second-order valence-corrected chi connectivity index (χ2v) is 7.68. The standard InChI is InChI=1S/C23H41N5O3.HI/c1-4-24-23(25-10-12-27(2)11-7-16-29-3)26-20-21-8-5-6-9-22(21)31-19-15-28-13-17-30-18-14-28;/h5-6,8-9H,4,7,10-20H2,1-3H3,(H2,24,25,26);1H. The second kappa shape index (κ2) is 18.3. The fraction of sp³-hybridized carbons (Fsp3) is 0.696. The lowest BCUT2D eigenvalue weighted by atomic mass is 10.2. The minimum absolute atomic E-state index is 0. The highest BCUT2D eigenvalue weighted by Gasteiger charge is 2.10. The monoisotopic (exact) mass is 563 g/mol. The zero-order chi connectivity index (χ0) is 22.2. The number of para-hydroxylation sites is 1. The first kappa shape index (κ1) is 28.9. The third kappa shape index (κ3) is 12.2. The third-order valence-electron chi connectivity index (χ3n) is 5.17. The van der Waals surface area contributed by atoms with Gasteiger partial charge in [0.2, 0.25) is 0 Å². The van der Waals surface area contributed by atoms with Crippen molar-refractivity contribution in [2.45, 2.75) is 19.9 Å². The number of benzene rings is 1. The van der Waals surface area contributed by atoms with Gasteiger partial charge >= 0.3 is 0 Å². The lowest BCUT2D eigenvalue weighted by molar-refractivity contribution is 0.0322. The van der Waals surface area contributed by atoms with E-state index in [0.717, 1.165) is 89.3 Å². The smallest absolute Gasteiger partial charge is 0.191 e. The number of nitrogens with one attached hydrogen (secondary N) is 2. The molecule has 1 fully saturated rings. The number of morpholine rings is 1. The Balaban J connectivity index is 0.00000512. The number of halogens is 1. The first-order valence-electron chi connectivity index (χ1n) is 11.4. The van der Waals surface area contributed by atoms with Crippen LogP contribution in [0.15, 0.2) is 29.3 Å². The van der Waals surface area contributed by atoms with Gasteiger partial charge in [-0.1, -0.05) is 18.2 Å². The summed E-state index contributed by atoms with van der Waals surface area (Å²) in [5.74, 6) is 1.74. The van der Waals surface area contributed by atoms with Crippen LogP contribution in [-0.2, 0) is 16.0 Å². The maximum Gasteiger partial charge on any atom is 0.191 e. The number of methoxy groups -OCH3 is 1. The lowest BCUT2D eigenvalue weighted by Gasteiger charge is -2.26. The molecular formula is C23H42IN5O3. The molecule has 9 heteroatoms. The van der Waals surface area contributed by atoms with Gasteiger partial charge in [0.1, 0.15) is 12.4 Å². The molecule has 32 heavy (non-hydrogen) atoms. The van der Waals surface area contributed by atoms with Gasteiger partial charge in [-0.3, -0.25) is 4.90 Å². The number of hydrogen-bond donors (Lipinski definition) is 2. The fourth-order valence-electron chi connectivity index (χ4n) is 3.35. The van der Waals surface area contributed by atoms with Gasteiger partial charge in [0.15, 0.2) is 5.96 Å². The van der Waals surface area contributed by atoms with Crippen molar-refractivity contribution >= 4 is 29.9 Å². The molecule has 8 nitrogen and oxygen atoms in total. The van der Waals surface area contributed by atoms with Crippen molar-refractivity contribution in [1.82, 2.24) is 20.4 Å². The van der Waals surface area contributed by atoms with Crippen LogP contribution in [0, 0.1) is 0 Å². The zero-order valence-corrected chi connectivity index (χ0v) is 22.3. The highest BCUT2D eigenvalue weighted by Crippen LogP contribution is 2.19. The number of likely N-dealkylation sites (N-methyl/N-ethyl adjacent to an activating group) is 1. The molecule has 0 radical (unpaired) electrons. The molecule has 1 aliphatic rings. The van der Waals surface area contributed by atoms with Gasteiger partial charge in [-0.15, -0.1) is 24.0 Å². The SMILES string of the molecule is CCNC(=NCc1ccccc1OCCN1CCOCC1)NCCN(C)CCCOC.I. The van der Waals surface area contributed by atoms with Crippen molar-refractivity contribution in [3.8, 4) is 5.75 Å². The Morgan fingerprint density at radius 3 is 2.69 bits per heavy atom. The quantitative estimate of drug-likeness (QED) is 0.156. The molecule has 1 heterocycles. The van der Waals surface area contributed by atoms with Gasteiger partial charge in [0.05, 0.1) is 19.8 Å². The number of guanidine groups is 1. The summed E-state index contributed by atoms with van der Waals surface area (Å²) >= 11 is 0. The summed E-state index contributed by atoms with van der Waals surface area (Å²) in [6.45, 7) is 12.3. The Morgan fingerprint density at radius 1 is 1.16 bits per heavy atom. The number of aliphatic imine (C=N–C) groups is 1. The van der Waals surface area contributed by atoms with Crippen molar-refractivity contribution in [3.63, 3.8) is 0 Å². The van der Waals surface area contributed by atoms with Gasteiger partial charge in [0.25, 0.3) is 0 Å². The van der Waals surface area contributed by atoms with Gasteiger partial charge in [0, 0.05) is 65.1 Å². The Kier molecular flexibility index (Phi) is 16.5. The summed E-state index contributed by atoms with van der Waals surface area (Å²) in [6, 6.07) is 8.16. The van der Waals surface area contributed by atoms with Crippen molar-refractivity contribution in [3.05, 3.63) is 29.8 Å². The summed E-state index contributed by atoms with van der Waals surface area (Å²) in [4.78, 5) is 9.44. The highest BCUT2D eigenvalue weighted by atomic mass is 127. The van der Waals surface area contributed by atoms with E-state index < -0.39 is 0 Å². The van der Waals surface area contributed by atoms with Gasteiger partial charge in [-0.2, -0.15) is 0 Å². The number of rotatable bonds is 14. The average molecular weight is 564 g/mol. The molecule has 0 atom stereocenters. The highest BCUT2D eigenvalue weighted by molar-refractivity contribution is 14.0. The Hall–Kier alpha value is -1.14. The first-order valence-corrected chi connectivity index (χ1v) is 11.4. The van der Waals surface area contributed by atoms with Crippen molar-refractivity contribution < 1.29 is 14.2 Å². The number of hydrogen-bond acceptors (Lipinski definition) is 6. The molecular weight excluding hydrogens is 521 g/mol. The predicted octanol–water partition coefficient (Wildman–Crippen LogP) is 2.04. The normalized spacial score (nSPS) is 14.8. The van der Waals surface area contributed by atoms with Crippen LogP contribution in [0.4, 0.5) is 0 Å². The van der Waals surface area contributed by atoms with E-state index in [2.05, 4.69) is 40.5 Å². The third-order valence-corrected chi connectivity index (χ3v) is 5.17. The molecule has 2 rings (SSSR count). The van der Waals surface area contributed by atoms with Gasteiger partial charge in [-0.25, -0.2) is 4.99 Å². The molecule has 1 aromatic rings. The molecule has 184 valence electrons. The maximum absolute atomic E-state index is 6.08. The molecule has 0 aliphatic carbocycles. The van der Waals surface area contributed by atoms with E-state index >= 15 is 0 Å². The molecule has 0 unspecified atom stereocenters. The average Bonchev–Trinajstić information content (AvgIpc) is 2.79. The minimum atomic E-state index is 0. The molecule has 0 bridgehead atoms. The van der Waals surface area contributed by atoms with E-state index in [-0.39, 0.29) is 24.0 Å². The van der Waals surface area contributed by atoms with Crippen LogP contribution in [0.25, 0.3) is 0 Å². The van der Waals surface area contributed by atoms with Crippen LogP contribution < -0.4 is 15.4 Å².